The monoisotopic (exact) mass is 597 g/mol. The molecule has 1 N–H and O–H groups in total. The number of hydrogen-bond acceptors (Lipinski definition) is 5. The van der Waals surface area contributed by atoms with Gasteiger partial charge in [0.2, 0.25) is 0 Å². The van der Waals surface area contributed by atoms with E-state index in [4.69, 9.17) is 33.3 Å². The van der Waals surface area contributed by atoms with Gasteiger partial charge in [-0.15, -0.1) is 0 Å². The average Bonchev–Trinajstić information content (AvgIpc) is 3.35. The number of aliphatic hydroxyl groups excluding tert-OH is 1. The molecule has 6 nitrogen and oxygen atoms in total. The molecule has 0 bridgehead atoms. The quantitative estimate of drug-likeness (QED) is 0.114. The Balaban J connectivity index is 1.96. The SMILES string of the molecule is [B]C([B])([B])N(C)C(CC)c1nc2ccc(-c3ccc(C(O)P(CC)CC)cc3)cc2n1-c1c(C=O)cccc1OC(F)F. The first-order chi connectivity index (χ1) is 20.4. The van der Waals surface area contributed by atoms with E-state index in [0.29, 0.717) is 29.6 Å². The Morgan fingerprint density at radius 1 is 1.05 bits per heavy atom. The number of halogens is 2. The lowest BCUT2D eigenvalue weighted by Gasteiger charge is -2.39. The van der Waals surface area contributed by atoms with Gasteiger partial charge in [-0.2, -0.15) is 8.78 Å². The van der Waals surface area contributed by atoms with Crippen molar-refractivity contribution >= 4 is 48.8 Å². The molecule has 1 heterocycles. The van der Waals surface area contributed by atoms with Crippen LogP contribution in [-0.2, 0) is 0 Å². The molecule has 2 unspecified atom stereocenters. The van der Waals surface area contributed by atoms with E-state index >= 15 is 0 Å². The number of imidazole rings is 1. The van der Waals surface area contributed by atoms with E-state index in [1.807, 2.05) is 49.4 Å². The van der Waals surface area contributed by atoms with E-state index in [-0.39, 0.29) is 17.0 Å². The molecule has 0 saturated carbocycles. The Kier molecular flexibility index (Phi) is 10.5. The third kappa shape index (κ3) is 6.90. The number of rotatable bonds is 13. The fourth-order valence-electron chi connectivity index (χ4n) is 5.32. The van der Waals surface area contributed by atoms with E-state index < -0.39 is 31.7 Å². The summed E-state index contributed by atoms with van der Waals surface area (Å²) in [5.74, 6) is -0.298. The third-order valence-electron chi connectivity index (χ3n) is 7.74. The van der Waals surface area contributed by atoms with Gasteiger partial charge in [0, 0.05) is 5.56 Å². The summed E-state index contributed by atoms with van der Waals surface area (Å²) in [5, 5.41) is 9.14. The molecule has 43 heavy (non-hydrogen) atoms. The molecule has 218 valence electrons. The molecule has 0 aliphatic rings. The number of alkyl halides is 2. The molecule has 0 aliphatic carbocycles. The van der Waals surface area contributed by atoms with Crippen LogP contribution in [0.5, 0.6) is 5.75 Å². The number of carbonyl (C=O) groups is 1. The van der Waals surface area contributed by atoms with Crippen LogP contribution < -0.4 is 4.74 Å². The zero-order chi connectivity index (χ0) is 31.5. The molecule has 12 heteroatoms. The second kappa shape index (κ2) is 13.8. The lowest BCUT2D eigenvalue weighted by Crippen LogP contribution is -2.50. The highest BCUT2D eigenvalue weighted by Gasteiger charge is 2.31. The maximum atomic E-state index is 13.6. The van der Waals surface area contributed by atoms with Crippen LogP contribution in [0.25, 0.3) is 27.8 Å². The molecule has 1 aromatic heterocycles. The van der Waals surface area contributed by atoms with Crippen molar-refractivity contribution < 1.29 is 23.4 Å². The summed E-state index contributed by atoms with van der Waals surface area (Å²) in [4.78, 5) is 18.6. The molecule has 4 aromatic rings. The molecule has 3 aromatic carbocycles. The van der Waals surface area contributed by atoms with E-state index in [1.165, 1.54) is 23.1 Å². The summed E-state index contributed by atoms with van der Waals surface area (Å²) in [6, 6.07) is 17.2. The van der Waals surface area contributed by atoms with Gasteiger partial charge in [0.1, 0.15) is 11.5 Å². The smallest absolute Gasteiger partial charge is 0.387 e. The highest BCUT2D eigenvalue weighted by molar-refractivity contribution is 7.57. The van der Waals surface area contributed by atoms with Crippen molar-refractivity contribution in [3.8, 4) is 22.6 Å². The van der Waals surface area contributed by atoms with Crippen LogP contribution in [0, 0.1) is 0 Å². The van der Waals surface area contributed by atoms with E-state index in [2.05, 4.69) is 13.8 Å². The number of aliphatic hydroxyl groups is 1. The molecule has 4 rings (SSSR count). The van der Waals surface area contributed by atoms with Crippen LogP contribution in [0.3, 0.4) is 0 Å². The van der Waals surface area contributed by atoms with Crippen LogP contribution in [0.4, 0.5) is 8.78 Å². The summed E-state index contributed by atoms with van der Waals surface area (Å²) >= 11 is 0. The highest BCUT2D eigenvalue weighted by atomic mass is 31.1. The van der Waals surface area contributed by atoms with Crippen LogP contribution >= 0.6 is 7.92 Å². The molecule has 6 radical (unpaired) electrons. The number of benzene rings is 3. The summed E-state index contributed by atoms with van der Waals surface area (Å²) in [6.07, 6.45) is 2.91. The molecule has 2 atom stereocenters. The van der Waals surface area contributed by atoms with Crippen molar-refractivity contribution in [2.75, 3.05) is 19.4 Å². The zero-order valence-electron chi connectivity index (χ0n) is 24.7. The molecule has 0 amide bonds. The number of nitrogens with zero attached hydrogens (tertiary/aromatic N) is 3. The van der Waals surface area contributed by atoms with Gasteiger partial charge in [-0.25, -0.2) is 4.98 Å². The van der Waals surface area contributed by atoms with Gasteiger partial charge in [0.15, 0.2) is 12.0 Å². The van der Waals surface area contributed by atoms with Gasteiger partial charge in [-0.1, -0.05) is 70.3 Å². The van der Waals surface area contributed by atoms with Gasteiger partial charge in [0.25, 0.3) is 0 Å². The van der Waals surface area contributed by atoms with Crippen molar-refractivity contribution in [1.82, 2.24) is 14.5 Å². The zero-order valence-corrected chi connectivity index (χ0v) is 25.6. The Labute approximate surface area is 256 Å². The number of ether oxygens (including phenoxy) is 1. The van der Waals surface area contributed by atoms with Gasteiger partial charge in [0.05, 0.1) is 46.5 Å². The van der Waals surface area contributed by atoms with Gasteiger partial charge in [-0.3, -0.25) is 9.36 Å². The fourth-order valence-corrected chi connectivity index (χ4v) is 7.06. The van der Waals surface area contributed by atoms with Crippen LogP contribution in [0.2, 0.25) is 0 Å². The minimum Gasteiger partial charge on any atom is -0.433 e. The largest absolute Gasteiger partial charge is 0.433 e. The van der Waals surface area contributed by atoms with E-state index in [1.54, 1.807) is 11.6 Å². The second-order valence-corrected chi connectivity index (χ2v) is 13.3. The minimum absolute atomic E-state index is 0.113. The first-order valence-electron chi connectivity index (χ1n) is 14.1. The first-order valence-corrected chi connectivity index (χ1v) is 15.9. The maximum absolute atomic E-state index is 13.6. The van der Waals surface area contributed by atoms with Crippen LogP contribution in [0.15, 0.2) is 60.7 Å². The van der Waals surface area contributed by atoms with Crippen molar-refractivity contribution in [2.24, 2.45) is 0 Å². The molecule has 0 fully saturated rings. The van der Waals surface area contributed by atoms with Gasteiger partial charge in [-0.05, 0) is 66.7 Å². The number of fused-ring (bicyclic) bond motifs is 1. The number of aldehydes is 1. The topological polar surface area (TPSA) is 67.6 Å². The normalized spacial score (nSPS) is 13.6. The molecule has 0 spiro atoms. The Hall–Kier alpha value is -3.00. The lowest BCUT2D eigenvalue weighted by molar-refractivity contribution is -0.0498. The lowest BCUT2D eigenvalue weighted by atomic mass is 9.48. The predicted molar refractivity (Wildman–Crippen MR) is 172 cm³/mol. The van der Waals surface area contributed by atoms with Crippen molar-refractivity contribution in [3.05, 3.63) is 77.6 Å². The highest BCUT2D eigenvalue weighted by Crippen LogP contribution is 2.48. The summed E-state index contributed by atoms with van der Waals surface area (Å²) in [5.41, 5.74) is 3.91. The minimum atomic E-state index is -3.13. The van der Waals surface area contributed by atoms with Crippen molar-refractivity contribution in [1.29, 1.82) is 0 Å². The second-order valence-electron chi connectivity index (χ2n) is 10.3. The molecular formula is C31H33B3F2N3O3P. The third-order valence-corrected chi connectivity index (χ3v) is 10.4. The number of hydrogen-bond donors (Lipinski definition) is 1. The van der Waals surface area contributed by atoms with Gasteiger partial charge >= 0.3 is 6.61 Å². The molecule has 0 saturated heterocycles. The summed E-state index contributed by atoms with van der Waals surface area (Å²) in [7, 11) is 19.3. The average molecular weight is 597 g/mol. The maximum Gasteiger partial charge on any atom is 0.387 e. The van der Waals surface area contributed by atoms with E-state index in [0.717, 1.165) is 29.0 Å². The molecule has 0 aliphatic heterocycles. The fraction of sp³-hybridized carbons (Fsp3) is 0.355. The van der Waals surface area contributed by atoms with Crippen molar-refractivity contribution in [2.45, 2.75) is 50.9 Å². The summed E-state index contributed by atoms with van der Waals surface area (Å²) in [6.45, 7) is 2.95. The molecular weight excluding hydrogens is 564 g/mol. The van der Waals surface area contributed by atoms with Crippen LogP contribution in [-0.4, -0.2) is 80.6 Å². The predicted octanol–water partition coefficient (Wildman–Crippen LogP) is 6.12. The first kappa shape index (κ1) is 32.9. The standard InChI is InChI=1S/C31H33B3F2N3O3P/c1-5-24(38(4)31(32,33)34)28-37-23-16-15-21(19-11-13-20(14-12-19)29(41)43(6-2)7-3)17-25(23)39(28)27-22(18-40)9-8-10-26(27)42-30(35)36/h8-18,24,29-30,41H,5-7H2,1-4H3. The Morgan fingerprint density at radius 2 is 1.70 bits per heavy atom. The van der Waals surface area contributed by atoms with E-state index in [9.17, 15) is 18.7 Å². The summed E-state index contributed by atoms with van der Waals surface area (Å²) < 4.78 is 33.7. The Morgan fingerprint density at radius 3 is 2.26 bits per heavy atom. The van der Waals surface area contributed by atoms with Crippen molar-refractivity contribution in [3.63, 3.8) is 0 Å². The number of aromatic nitrogens is 2. The number of para-hydroxylation sites is 1. The van der Waals surface area contributed by atoms with Gasteiger partial charge < -0.3 is 14.7 Å². The Bertz CT molecular complexity index is 1560. The number of carbonyl (C=O) groups excluding carboxylic acids is 1. The van der Waals surface area contributed by atoms with Crippen LogP contribution in [0.1, 0.15) is 60.8 Å².